The number of esters is 1. The zero-order valence-corrected chi connectivity index (χ0v) is 20.3. The highest BCUT2D eigenvalue weighted by molar-refractivity contribution is 5.81. The molecule has 0 aliphatic heterocycles. The van der Waals surface area contributed by atoms with Gasteiger partial charge in [0.25, 0.3) is 5.56 Å². The van der Waals surface area contributed by atoms with Crippen LogP contribution in [-0.2, 0) is 9.59 Å². The third-order valence-electron chi connectivity index (χ3n) is 5.65. The number of benzene rings is 1. The molecule has 7 heteroatoms. The molecular formula is C27H31N3O4. The quantitative estimate of drug-likeness (QED) is 0.509. The van der Waals surface area contributed by atoms with Crippen LogP contribution in [0.5, 0.6) is 5.75 Å². The number of nitrogens with one attached hydrogen (secondary N) is 1. The molecule has 3 rings (SSSR count). The second-order valence-corrected chi connectivity index (χ2v) is 8.83. The standard InChI is InChI=1S/C27H31N3O4/c1-17(2)26(30-12-10-18(3)13-23(30)31)27(33)29-11-9-24(32)34-22-14-21(15-28-16-22)25-19(4)7-6-8-20(25)5/h6-8,10,12-17,26H,9,11H2,1-5H3,(H,29,33). The van der Waals surface area contributed by atoms with E-state index in [4.69, 9.17) is 4.74 Å². The first-order valence-electron chi connectivity index (χ1n) is 11.4. The molecule has 0 saturated heterocycles. The van der Waals surface area contributed by atoms with Crippen molar-refractivity contribution in [1.82, 2.24) is 14.9 Å². The number of pyridine rings is 2. The van der Waals surface area contributed by atoms with Crippen molar-refractivity contribution in [1.29, 1.82) is 0 Å². The molecule has 1 unspecified atom stereocenters. The molecule has 0 aliphatic carbocycles. The number of nitrogens with zero attached hydrogens (tertiary/aromatic N) is 2. The maximum atomic E-state index is 12.8. The molecule has 7 nitrogen and oxygen atoms in total. The van der Waals surface area contributed by atoms with Gasteiger partial charge in [-0.25, -0.2) is 0 Å². The third kappa shape index (κ3) is 5.98. The van der Waals surface area contributed by atoms with Crippen LogP contribution in [0.15, 0.2) is 59.8 Å². The van der Waals surface area contributed by atoms with Crippen molar-refractivity contribution in [3.05, 3.63) is 82.0 Å². The van der Waals surface area contributed by atoms with Gasteiger partial charge < -0.3 is 14.6 Å². The lowest BCUT2D eigenvalue weighted by Crippen LogP contribution is -2.40. The Bertz CT molecular complexity index is 1230. The fraction of sp³-hybridized carbons (Fsp3) is 0.333. The minimum atomic E-state index is -0.664. The van der Waals surface area contributed by atoms with Crippen molar-refractivity contribution in [3.63, 3.8) is 0 Å². The third-order valence-corrected chi connectivity index (χ3v) is 5.65. The van der Waals surface area contributed by atoms with Gasteiger partial charge >= 0.3 is 5.97 Å². The van der Waals surface area contributed by atoms with Crippen LogP contribution in [-0.4, -0.2) is 28.0 Å². The monoisotopic (exact) mass is 461 g/mol. The molecule has 0 aliphatic rings. The molecule has 0 fully saturated rings. The number of hydrogen-bond donors (Lipinski definition) is 1. The Hall–Kier alpha value is -3.74. The summed E-state index contributed by atoms with van der Waals surface area (Å²) >= 11 is 0. The van der Waals surface area contributed by atoms with E-state index >= 15 is 0 Å². The predicted molar refractivity (Wildman–Crippen MR) is 132 cm³/mol. The van der Waals surface area contributed by atoms with Crippen molar-refractivity contribution in [2.24, 2.45) is 5.92 Å². The number of aromatic nitrogens is 2. The van der Waals surface area contributed by atoms with Gasteiger partial charge in [0.15, 0.2) is 0 Å². The lowest BCUT2D eigenvalue weighted by atomic mass is 9.97. The van der Waals surface area contributed by atoms with E-state index in [0.717, 1.165) is 27.8 Å². The van der Waals surface area contributed by atoms with Gasteiger partial charge in [-0.1, -0.05) is 32.0 Å². The Balaban J connectivity index is 1.61. The first kappa shape index (κ1) is 24.9. The van der Waals surface area contributed by atoms with E-state index in [1.807, 2.05) is 52.8 Å². The maximum Gasteiger partial charge on any atom is 0.313 e. The summed E-state index contributed by atoms with van der Waals surface area (Å²) in [5, 5.41) is 2.76. The van der Waals surface area contributed by atoms with Gasteiger partial charge in [-0.05, 0) is 61.1 Å². The van der Waals surface area contributed by atoms with Crippen LogP contribution in [0.25, 0.3) is 11.1 Å². The Kier molecular flexibility index (Phi) is 7.99. The number of ether oxygens (including phenoxy) is 1. The Morgan fingerprint density at radius 2 is 1.76 bits per heavy atom. The normalized spacial score (nSPS) is 11.8. The topological polar surface area (TPSA) is 90.3 Å². The molecule has 1 aromatic carbocycles. The van der Waals surface area contributed by atoms with Crippen LogP contribution in [0.2, 0.25) is 0 Å². The summed E-state index contributed by atoms with van der Waals surface area (Å²) in [5.41, 5.74) is 4.76. The second-order valence-electron chi connectivity index (χ2n) is 8.83. The van der Waals surface area contributed by atoms with Crippen LogP contribution >= 0.6 is 0 Å². The highest BCUT2D eigenvalue weighted by atomic mass is 16.5. The SMILES string of the molecule is Cc1ccn(C(C(=O)NCCC(=O)Oc2cncc(-c3c(C)cccc3C)c2)C(C)C)c(=O)c1. The second kappa shape index (κ2) is 10.9. The van der Waals surface area contributed by atoms with E-state index in [1.165, 1.54) is 16.8 Å². The summed E-state index contributed by atoms with van der Waals surface area (Å²) in [5.74, 6) is -0.546. The van der Waals surface area contributed by atoms with E-state index in [1.54, 1.807) is 24.5 Å². The van der Waals surface area contributed by atoms with Crippen molar-refractivity contribution in [2.45, 2.75) is 47.1 Å². The molecule has 34 heavy (non-hydrogen) atoms. The highest BCUT2D eigenvalue weighted by Crippen LogP contribution is 2.28. The Morgan fingerprint density at radius 1 is 1.06 bits per heavy atom. The molecule has 1 amide bonds. The lowest BCUT2D eigenvalue weighted by Gasteiger charge is -2.22. The zero-order chi connectivity index (χ0) is 24.8. The van der Waals surface area contributed by atoms with Crippen molar-refractivity contribution in [3.8, 4) is 16.9 Å². The van der Waals surface area contributed by atoms with Crippen molar-refractivity contribution < 1.29 is 14.3 Å². The van der Waals surface area contributed by atoms with Crippen LogP contribution in [0.4, 0.5) is 0 Å². The number of rotatable bonds is 8. The molecular weight excluding hydrogens is 430 g/mol. The molecule has 0 bridgehead atoms. The summed E-state index contributed by atoms with van der Waals surface area (Å²) in [6.07, 6.45) is 4.86. The maximum absolute atomic E-state index is 12.8. The van der Waals surface area contributed by atoms with E-state index in [9.17, 15) is 14.4 Å². The van der Waals surface area contributed by atoms with Crippen LogP contribution in [0, 0.1) is 26.7 Å². The Morgan fingerprint density at radius 3 is 2.41 bits per heavy atom. The van der Waals surface area contributed by atoms with Gasteiger partial charge in [-0.3, -0.25) is 19.4 Å². The zero-order valence-electron chi connectivity index (χ0n) is 20.3. The van der Waals surface area contributed by atoms with E-state index in [0.29, 0.717) is 5.75 Å². The molecule has 2 aromatic heterocycles. The molecule has 1 N–H and O–H groups in total. The molecule has 0 saturated carbocycles. The van der Waals surface area contributed by atoms with Crippen LogP contribution in [0.1, 0.15) is 43.0 Å². The molecule has 0 spiro atoms. The van der Waals surface area contributed by atoms with Crippen molar-refractivity contribution in [2.75, 3.05) is 6.54 Å². The first-order valence-corrected chi connectivity index (χ1v) is 11.4. The number of carbonyl (C=O) groups excluding carboxylic acids is 2. The van der Waals surface area contributed by atoms with Gasteiger partial charge in [0.05, 0.1) is 12.6 Å². The molecule has 2 heterocycles. The largest absolute Gasteiger partial charge is 0.425 e. The molecule has 178 valence electrons. The van der Waals surface area contributed by atoms with Gasteiger partial charge in [0, 0.05) is 30.6 Å². The Labute approximate surface area is 199 Å². The predicted octanol–water partition coefficient (Wildman–Crippen LogP) is 4.14. The molecule has 1 atom stereocenters. The number of amides is 1. The van der Waals surface area contributed by atoms with Gasteiger partial charge in [-0.15, -0.1) is 0 Å². The van der Waals surface area contributed by atoms with Gasteiger partial charge in [-0.2, -0.15) is 0 Å². The van der Waals surface area contributed by atoms with E-state index < -0.39 is 12.0 Å². The minimum Gasteiger partial charge on any atom is -0.425 e. The minimum absolute atomic E-state index is 0.00697. The summed E-state index contributed by atoms with van der Waals surface area (Å²) < 4.78 is 6.88. The fourth-order valence-corrected chi connectivity index (χ4v) is 4.02. The summed E-state index contributed by atoms with van der Waals surface area (Å²) in [6, 6.07) is 10.5. The number of hydrogen-bond acceptors (Lipinski definition) is 5. The summed E-state index contributed by atoms with van der Waals surface area (Å²) in [4.78, 5) is 41.7. The number of aryl methyl sites for hydroxylation is 3. The van der Waals surface area contributed by atoms with Crippen LogP contribution in [0.3, 0.4) is 0 Å². The van der Waals surface area contributed by atoms with Crippen LogP contribution < -0.4 is 15.6 Å². The smallest absolute Gasteiger partial charge is 0.313 e. The number of carbonyl (C=O) groups is 2. The van der Waals surface area contributed by atoms with Gasteiger partial charge in [0.2, 0.25) is 5.91 Å². The lowest BCUT2D eigenvalue weighted by molar-refractivity contribution is -0.134. The first-order chi connectivity index (χ1) is 16.2. The van der Waals surface area contributed by atoms with E-state index in [-0.39, 0.29) is 30.3 Å². The molecule has 3 aromatic rings. The average molecular weight is 462 g/mol. The van der Waals surface area contributed by atoms with E-state index in [2.05, 4.69) is 10.3 Å². The molecule has 0 radical (unpaired) electrons. The summed E-state index contributed by atoms with van der Waals surface area (Å²) in [7, 11) is 0. The van der Waals surface area contributed by atoms with Gasteiger partial charge in [0.1, 0.15) is 11.8 Å². The summed E-state index contributed by atoms with van der Waals surface area (Å²) in [6.45, 7) is 9.74. The fourth-order valence-electron chi connectivity index (χ4n) is 4.02. The average Bonchev–Trinajstić information content (AvgIpc) is 2.75. The highest BCUT2D eigenvalue weighted by Gasteiger charge is 2.24. The van der Waals surface area contributed by atoms with Crippen molar-refractivity contribution >= 4 is 11.9 Å².